The molecule has 1 saturated carbocycles. The zero-order valence-corrected chi connectivity index (χ0v) is 7.80. The lowest BCUT2D eigenvalue weighted by Gasteiger charge is -2.07. The summed E-state index contributed by atoms with van der Waals surface area (Å²) in [6, 6.07) is 0.594. The van der Waals surface area contributed by atoms with Crippen molar-refractivity contribution >= 4 is 5.96 Å². The molecule has 12 heavy (non-hydrogen) atoms. The van der Waals surface area contributed by atoms with Crippen LogP contribution in [0.25, 0.3) is 0 Å². The molecule has 0 radical (unpaired) electrons. The molecule has 0 heterocycles. The average Bonchev–Trinajstić information content (AvgIpc) is 2.82. The highest BCUT2D eigenvalue weighted by Crippen LogP contribution is 2.32. The Labute approximate surface area is 73.6 Å². The van der Waals surface area contributed by atoms with E-state index in [9.17, 15) is 0 Å². The number of nitrogens with zero attached hydrogens (tertiary/aromatic N) is 1. The molecule has 0 amide bonds. The molecule has 1 aliphatic carbocycles. The molecule has 4 heteroatoms. The molecule has 4 N–H and O–H groups in total. The second kappa shape index (κ2) is 4.30. The normalized spacial score (nSPS) is 28.4. The highest BCUT2D eigenvalue weighted by molar-refractivity contribution is 5.79. The van der Waals surface area contributed by atoms with E-state index in [0.29, 0.717) is 6.04 Å². The second-order valence-corrected chi connectivity index (χ2v) is 3.12. The lowest BCUT2D eigenvalue weighted by Crippen LogP contribution is -2.43. The van der Waals surface area contributed by atoms with Gasteiger partial charge in [0.25, 0.3) is 0 Å². The van der Waals surface area contributed by atoms with Crippen LogP contribution >= 0.6 is 0 Å². The van der Waals surface area contributed by atoms with E-state index in [-0.39, 0.29) is 0 Å². The van der Waals surface area contributed by atoms with Crippen molar-refractivity contribution in [1.29, 1.82) is 0 Å². The first-order valence-corrected chi connectivity index (χ1v) is 4.59. The van der Waals surface area contributed by atoms with Gasteiger partial charge in [-0.2, -0.15) is 0 Å². The first kappa shape index (κ1) is 9.32. The van der Waals surface area contributed by atoms with Gasteiger partial charge in [0.05, 0.1) is 0 Å². The number of rotatable bonds is 3. The topological polar surface area (TPSA) is 62.4 Å². The predicted octanol–water partition coefficient (Wildman–Crippen LogP) is 0.214. The fourth-order valence-corrected chi connectivity index (χ4v) is 1.34. The van der Waals surface area contributed by atoms with Crippen molar-refractivity contribution in [2.45, 2.75) is 32.7 Å². The van der Waals surface area contributed by atoms with Crippen LogP contribution in [0.1, 0.15) is 26.7 Å². The Kier molecular flexibility index (Phi) is 3.34. The SMILES string of the molecule is CCN=C(NN)NC1CC1CC. The highest BCUT2D eigenvalue weighted by atomic mass is 15.3. The number of hydrogen-bond acceptors (Lipinski definition) is 2. The van der Waals surface area contributed by atoms with Crippen LogP contribution in [0.3, 0.4) is 0 Å². The van der Waals surface area contributed by atoms with Crippen molar-refractivity contribution < 1.29 is 0 Å². The summed E-state index contributed by atoms with van der Waals surface area (Å²) >= 11 is 0. The summed E-state index contributed by atoms with van der Waals surface area (Å²) in [6.07, 6.45) is 2.49. The number of nitrogens with two attached hydrogens (primary N) is 1. The van der Waals surface area contributed by atoms with E-state index >= 15 is 0 Å². The van der Waals surface area contributed by atoms with Crippen LogP contribution in [0, 0.1) is 5.92 Å². The van der Waals surface area contributed by atoms with Crippen LogP contribution in [0.15, 0.2) is 4.99 Å². The molecule has 0 spiro atoms. The molecular formula is C8H18N4. The van der Waals surface area contributed by atoms with Gasteiger partial charge in [-0.15, -0.1) is 0 Å². The van der Waals surface area contributed by atoms with Crippen molar-refractivity contribution in [1.82, 2.24) is 10.7 Å². The molecule has 0 aromatic heterocycles. The second-order valence-electron chi connectivity index (χ2n) is 3.12. The summed E-state index contributed by atoms with van der Waals surface area (Å²) < 4.78 is 0. The summed E-state index contributed by atoms with van der Waals surface area (Å²) in [5.74, 6) is 6.82. The van der Waals surface area contributed by atoms with Gasteiger partial charge >= 0.3 is 0 Å². The Hall–Kier alpha value is -0.770. The van der Waals surface area contributed by atoms with Crippen molar-refractivity contribution in [2.75, 3.05) is 6.54 Å². The lowest BCUT2D eigenvalue weighted by molar-refractivity contribution is 0.708. The molecule has 0 aromatic carbocycles. The first-order valence-electron chi connectivity index (χ1n) is 4.59. The largest absolute Gasteiger partial charge is 0.352 e. The number of hydrazine groups is 1. The van der Waals surface area contributed by atoms with E-state index in [2.05, 4.69) is 22.7 Å². The fraction of sp³-hybridized carbons (Fsp3) is 0.875. The predicted molar refractivity (Wildman–Crippen MR) is 50.6 cm³/mol. The zero-order valence-electron chi connectivity index (χ0n) is 7.80. The number of aliphatic imine (C=N–C) groups is 1. The number of guanidine groups is 1. The average molecular weight is 170 g/mol. The molecule has 4 nitrogen and oxygen atoms in total. The smallest absolute Gasteiger partial charge is 0.205 e. The van der Waals surface area contributed by atoms with Gasteiger partial charge < -0.3 is 5.32 Å². The maximum absolute atomic E-state index is 5.28. The summed E-state index contributed by atoms with van der Waals surface area (Å²) in [5, 5.41) is 3.26. The Morgan fingerprint density at radius 2 is 2.33 bits per heavy atom. The van der Waals surface area contributed by atoms with Crippen LogP contribution < -0.4 is 16.6 Å². The van der Waals surface area contributed by atoms with E-state index in [1.807, 2.05) is 6.92 Å². The van der Waals surface area contributed by atoms with E-state index in [1.165, 1.54) is 12.8 Å². The van der Waals surface area contributed by atoms with Gasteiger partial charge in [0.1, 0.15) is 0 Å². The zero-order chi connectivity index (χ0) is 8.97. The van der Waals surface area contributed by atoms with Gasteiger partial charge in [0, 0.05) is 12.6 Å². The van der Waals surface area contributed by atoms with E-state index in [4.69, 9.17) is 5.84 Å². The molecule has 0 saturated heterocycles. The van der Waals surface area contributed by atoms with Gasteiger partial charge in [0.2, 0.25) is 5.96 Å². The van der Waals surface area contributed by atoms with Crippen molar-refractivity contribution in [2.24, 2.45) is 16.8 Å². The van der Waals surface area contributed by atoms with Gasteiger partial charge in [-0.25, -0.2) is 5.84 Å². The molecule has 1 aliphatic rings. The molecule has 0 bridgehead atoms. The minimum Gasteiger partial charge on any atom is -0.352 e. The Morgan fingerprint density at radius 3 is 2.75 bits per heavy atom. The van der Waals surface area contributed by atoms with Crippen LogP contribution in [-0.2, 0) is 0 Å². The van der Waals surface area contributed by atoms with Gasteiger partial charge in [0.15, 0.2) is 0 Å². The quantitative estimate of drug-likeness (QED) is 0.246. The monoisotopic (exact) mass is 170 g/mol. The third-order valence-corrected chi connectivity index (χ3v) is 2.22. The van der Waals surface area contributed by atoms with E-state index in [0.717, 1.165) is 18.4 Å². The van der Waals surface area contributed by atoms with Gasteiger partial charge in [-0.3, -0.25) is 10.4 Å². The fourth-order valence-electron chi connectivity index (χ4n) is 1.34. The van der Waals surface area contributed by atoms with Crippen LogP contribution in [0.5, 0.6) is 0 Å². The molecule has 0 aliphatic heterocycles. The summed E-state index contributed by atoms with van der Waals surface area (Å²) in [4.78, 5) is 4.16. The summed E-state index contributed by atoms with van der Waals surface area (Å²) in [7, 11) is 0. The lowest BCUT2D eigenvalue weighted by atomic mass is 10.3. The van der Waals surface area contributed by atoms with Crippen LogP contribution in [0.2, 0.25) is 0 Å². The maximum atomic E-state index is 5.28. The highest BCUT2D eigenvalue weighted by Gasteiger charge is 2.35. The van der Waals surface area contributed by atoms with E-state index in [1.54, 1.807) is 0 Å². The van der Waals surface area contributed by atoms with Gasteiger partial charge in [-0.1, -0.05) is 13.3 Å². The standard InChI is InChI=1S/C8H18N4/c1-3-6-5-7(6)11-8(12-9)10-4-2/h6-7H,3-5,9H2,1-2H3,(H2,10,11,12). The van der Waals surface area contributed by atoms with E-state index < -0.39 is 0 Å². The molecule has 70 valence electrons. The maximum Gasteiger partial charge on any atom is 0.205 e. The molecule has 0 aromatic rings. The minimum atomic E-state index is 0.594. The molecule has 2 atom stereocenters. The molecule has 1 fully saturated rings. The Bertz CT molecular complexity index is 166. The van der Waals surface area contributed by atoms with Gasteiger partial charge in [-0.05, 0) is 19.3 Å². The minimum absolute atomic E-state index is 0.594. The Balaban J connectivity index is 2.25. The first-order chi connectivity index (χ1) is 5.81. The third-order valence-electron chi connectivity index (χ3n) is 2.22. The van der Waals surface area contributed by atoms with Crippen molar-refractivity contribution in [3.05, 3.63) is 0 Å². The van der Waals surface area contributed by atoms with Crippen LogP contribution in [-0.4, -0.2) is 18.5 Å². The summed E-state index contributed by atoms with van der Waals surface area (Å²) in [5.41, 5.74) is 2.56. The molecule has 1 rings (SSSR count). The Morgan fingerprint density at radius 1 is 1.58 bits per heavy atom. The van der Waals surface area contributed by atoms with Crippen molar-refractivity contribution in [3.8, 4) is 0 Å². The van der Waals surface area contributed by atoms with Crippen LogP contribution in [0.4, 0.5) is 0 Å². The van der Waals surface area contributed by atoms with Crippen molar-refractivity contribution in [3.63, 3.8) is 0 Å². The number of nitrogens with one attached hydrogen (secondary N) is 2. The third kappa shape index (κ3) is 2.37. The molecule has 2 unspecified atom stereocenters. The summed E-state index contributed by atoms with van der Waals surface area (Å²) in [6.45, 7) is 4.96. The number of hydrogen-bond donors (Lipinski definition) is 3. The molecular weight excluding hydrogens is 152 g/mol.